The Labute approximate surface area is 83.4 Å². The van der Waals surface area contributed by atoms with Gasteiger partial charge in [-0.15, -0.1) is 0 Å². The fourth-order valence-electron chi connectivity index (χ4n) is 0.881. The molecule has 0 atom stereocenters. The van der Waals surface area contributed by atoms with Crippen LogP contribution in [0.2, 0.25) is 0 Å². The van der Waals surface area contributed by atoms with Gasteiger partial charge in [-0.2, -0.15) is 0 Å². The van der Waals surface area contributed by atoms with Gasteiger partial charge in [-0.25, -0.2) is 8.78 Å². The van der Waals surface area contributed by atoms with E-state index in [-0.39, 0.29) is 16.6 Å². The predicted octanol–water partition coefficient (Wildman–Crippen LogP) is 2.70. The third-order valence-corrected chi connectivity index (χ3v) is 2.11. The summed E-state index contributed by atoms with van der Waals surface area (Å²) in [7, 11) is 0. The molecule has 0 fully saturated rings. The SMILES string of the molecule is NC/C=C/c1c(F)ccc(Br)c1F. The molecule has 0 bridgehead atoms. The summed E-state index contributed by atoms with van der Waals surface area (Å²) in [6, 6.07) is 2.52. The third kappa shape index (κ3) is 2.35. The molecule has 0 radical (unpaired) electrons. The maximum absolute atomic E-state index is 13.2. The average molecular weight is 248 g/mol. The molecular weight excluding hydrogens is 240 g/mol. The van der Waals surface area contributed by atoms with Crippen LogP contribution in [0.25, 0.3) is 6.08 Å². The minimum Gasteiger partial charge on any atom is -0.327 e. The summed E-state index contributed by atoms with van der Waals surface area (Å²) in [6.45, 7) is 0.255. The molecule has 0 amide bonds. The molecule has 0 saturated carbocycles. The van der Waals surface area contributed by atoms with Crippen molar-refractivity contribution in [3.8, 4) is 0 Å². The Hall–Kier alpha value is -0.740. The standard InChI is InChI=1S/C9H8BrF2N/c10-7-3-4-8(11)6(9(7)12)2-1-5-13/h1-4H,5,13H2/b2-1+. The van der Waals surface area contributed by atoms with Crippen molar-refractivity contribution >= 4 is 22.0 Å². The van der Waals surface area contributed by atoms with E-state index in [4.69, 9.17) is 5.73 Å². The maximum Gasteiger partial charge on any atom is 0.147 e. The monoisotopic (exact) mass is 247 g/mol. The first-order chi connectivity index (χ1) is 6.16. The third-order valence-electron chi connectivity index (χ3n) is 1.50. The summed E-state index contributed by atoms with van der Waals surface area (Å²) in [5, 5.41) is 0. The van der Waals surface area contributed by atoms with Crippen LogP contribution >= 0.6 is 15.9 Å². The van der Waals surface area contributed by atoms with Crippen molar-refractivity contribution in [2.75, 3.05) is 6.54 Å². The molecule has 1 aromatic rings. The molecule has 2 N–H and O–H groups in total. The highest BCUT2D eigenvalue weighted by atomic mass is 79.9. The summed E-state index contributed by atoms with van der Waals surface area (Å²) >= 11 is 2.97. The van der Waals surface area contributed by atoms with Crippen LogP contribution in [0.15, 0.2) is 22.7 Å². The van der Waals surface area contributed by atoms with Crippen molar-refractivity contribution in [2.45, 2.75) is 0 Å². The molecule has 0 aliphatic carbocycles. The molecule has 13 heavy (non-hydrogen) atoms. The van der Waals surface area contributed by atoms with Crippen LogP contribution in [0.1, 0.15) is 5.56 Å². The summed E-state index contributed by atoms with van der Waals surface area (Å²) in [5.74, 6) is -1.20. The fourth-order valence-corrected chi connectivity index (χ4v) is 1.23. The molecule has 1 nitrogen and oxygen atoms in total. The van der Waals surface area contributed by atoms with E-state index in [1.165, 1.54) is 24.3 Å². The van der Waals surface area contributed by atoms with Crippen LogP contribution in [-0.2, 0) is 0 Å². The second-order valence-electron chi connectivity index (χ2n) is 2.39. The maximum atomic E-state index is 13.2. The van der Waals surface area contributed by atoms with Crippen LogP contribution in [-0.4, -0.2) is 6.54 Å². The van der Waals surface area contributed by atoms with Crippen molar-refractivity contribution in [1.29, 1.82) is 0 Å². The van der Waals surface area contributed by atoms with E-state index >= 15 is 0 Å². The zero-order valence-corrected chi connectivity index (χ0v) is 8.31. The van der Waals surface area contributed by atoms with Gasteiger partial charge in [0, 0.05) is 12.1 Å². The van der Waals surface area contributed by atoms with Crippen molar-refractivity contribution in [3.63, 3.8) is 0 Å². The second-order valence-corrected chi connectivity index (χ2v) is 3.25. The minimum absolute atomic E-state index is 0.0696. The first kappa shape index (κ1) is 10.3. The number of hydrogen-bond acceptors (Lipinski definition) is 1. The van der Waals surface area contributed by atoms with Crippen LogP contribution in [0.5, 0.6) is 0 Å². The number of nitrogens with two attached hydrogens (primary N) is 1. The number of halogens is 3. The van der Waals surface area contributed by atoms with Gasteiger partial charge in [-0.3, -0.25) is 0 Å². The summed E-state index contributed by atoms with van der Waals surface area (Å²) in [4.78, 5) is 0. The zero-order chi connectivity index (χ0) is 9.84. The Morgan fingerprint density at radius 2 is 2.08 bits per heavy atom. The Bertz CT molecular complexity index is 337. The lowest BCUT2D eigenvalue weighted by Gasteiger charge is -2.00. The highest BCUT2D eigenvalue weighted by Gasteiger charge is 2.08. The predicted molar refractivity (Wildman–Crippen MR) is 52.1 cm³/mol. The van der Waals surface area contributed by atoms with Crippen molar-refractivity contribution in [1.82, 2.24) is 0 Å². The molecular formula is C9H8BrF2N. The van der Waals surface area contributed by atoms with Crippen LogP contribution in [0.3, 0.4) is 0 Å². The lowest BCUT2D eigenvalue weighted by molar-refractivity contribution is 0.574. The molecule has 1 rings (SSSR count). The van der Waals surface area contributed by atoms with Gasteiger partial charge in [-0.1, -0.05) is 12.2 Å². The molecule has 0 heterocycles. The van der Waals surface area contributed by atoms with Crippen LogP contribution < -0.4 is 5.73 Å². The van der Waals surface area contributed by atoms with Crippen LogP contribution in [0.4, 0.5) is 8.78 Å². The number of hydrogen-bond donors (Lipinski definition) is 1. The topological polar surface area (TPSA) is 26.0 Å². The zero-order valence-electron chi connectivity index (χ0n) is 6.73. The van der Waals surface area contributed by atoms with Gasteiger partial charge in [0.25, 0.3) is 0 Å². The summed E-state index contributed by atoms with van der Waals surface area (Å²) in [6.07, 6.45) is 2.82. The van der Waals surface area contributed by atoms with E-state index in [1.807, 2.05) is 0 Å². The van der Waals surface area contributed by atoms with E-state index in [2.05, 4.69) is 15.9 Å². The first-order valence-corrected chi connectivity index (χ1v) is 4.46. The largest absolute Gasteiger partial charge is 0.327 e. The molecule has 0 spiro atoms. The van der Waals surface area contributed by atoms with Crippen molar-refractivity contribution < 1.29 is 8.78 Å². The molecule has 0 aliphatic heterocycles. The second kappa shape index (κ2) is 4.48. The van der Waals surface area contributed by atoms with E-state index in [1.54, 1.807) is 0 Å². The van der Waals surface area contributed by atoms with Crippen LogP contribution in [0, 0.1) is 11.6 Å². The normalized spacial score (nSPS) is 11.1. The van der Waals surface area contributed by atoms with Gasteiger partial charge in [0.15, 0.2) is 0 Å². The van der Waals surface area contributed by atoms with E-state index in [0.29, 0.717) is 0 Å². The van der Waals surface area contributed by atoms with Gasteiger partial charge in [0.05, 0.1) is 4.47 Å². The fraction of sp³-hybridized carbons (Fsp3) is 0.111. The lowest BCUT2D eigenvalue weighted by atomic mass is 10.2. The van der Waals surface area contributed by atoms with Gasteiger partial charge in [-0.05, 0) is 28.1 Å². The highest BCUT2D eigenvalue weighted by molar-refractivity contribution is 9.10. The van der Waals surface area contributed by atoms with Gasteiger partial charge >= 0.3 is 0 Å². The Kier molecular flexibility index (Phi) is 3.57. The number of rotatable bonds is 2. The smallest absolute Gasteiger partial charge is 0.147 e. The molecule has 0 aliphatic rings. The molecule has 0 aromatic heterocycles. The van der Waals surface area contributed by atoms with E-state index in [0.717, 1.165) is 0 Å². The summed E-state index contributed by atoms with van der Waals surface area (Å²) < 4.78 is 26.4. The molecule has 4 heteroatoms. The average Bonchev–Trinajstić information content (AvgIpc) is 2.12. The van der Waals surface area contributed by atoms with Gasteiger partial charge in [0.1, 0.15) is 11.6 Å². The Morgan fingerprint density at radius 1 is 1.38 bits per heavy atom. The van der Waals surface area contributed by atoms with Crippen molar-refractivity contribution in [3.05, 3.63) is 39.9 Å². The highest BCUT2D eigenvalue weighted by Crippen LogP contribution is 2.22. The summed E-state index contributed by atoms with van der Waals surface area (Å²) in [5.41, 5.74) is 5.10. The van der Waals surface area contributed by atoms with Gasteiger partial charge < -0.3 is 5.73 Å². The Morgan fingerprint density at radius 3 is 2.69 bits per heavy atom. The lowest BCUT2D eigenvalue weighted by Crippen LogP contribution is -1.94. The molecule has 0 unspecified atom stereocenters. The molecule has 70 valence electrons. The Balaban J connectivity index is 3.17. The minimum atomic E-state index is -0.607. The molecule has 1 aromatic carbocycles. The first-order valence-electron chi connectivity index (χ1n) is 3.67. The molecule has 0 saturated heterocycles. The quantitative estimate of drug-likeness (QED) is 0.800. The van der Waals surface area contributed by atoms with E-state index in [9.17, 15) is 8.78 Å². The van der Waals surface area contributed by atoms with Crippen molar-refractivity contribution in [2.24, 2.45) is 5.73 Å². The number of benzene rings is 1. The van der Waals surface area contributed by atoms with E-state index < -0.39 is 11.6 Å². The van der Waals surface area contributed by atoms with Gasteiger partial charge in [0.2, 0.25) is 0 Å².